The van der Waals surface area contributed by atoms with Crippen molar-refractivity contribution >= 4 is 5.91 Å². The molecule has 3 unspecified atom stereocenters. The number of rotatable bonds is 3. The van der Waals surface area contributed by atoms with E-state index in [0.29, 0.717) is 12.0 Å². The van der Waals surface area contributed by atoms with E-state index >= 15 is 0 Å². The Hall–Kier alpha value is -0.570. The second-order valence-corrected chi connectivity index (χ2v) is 6.58. The smallest absolute Gasteiger partial charge is 0.237 e. The van der Waals surface area contributed by atoms with Crippen LogP contribution in [0.4, 0.5) is 0 Å². The van der Waals surface area contributed by atoms with Gasteiger partial charge in [0.25, 0.3) is 0 Å². The quantitative estimate of drug-likeness (QED) is 0.805. The monoisotopic (exact) mass is 250 g/mol. The van der Waals surface area contributed by atoms with E-state index in [1.54, 1.807) is 0 Å². The number of nitrogens with one attached hydrogen (secondary N) is 2. The SMILES string of the molecule is C[C@H](NC(=O)C1NCC2CCCC21)C1CCCC1. The van der Waals surface area contributed by atoms with E-state index in [0.717, 1.165) is 18.4 Å². The lowest BCUT2D eigenvalue weighted by atomic mass is 9.93. The van der Waals surface area contributed by atoms with Gasteiger partial charge in [0, 0.05) is 6.04 Å². The third-order valence-electron chi connectivity index (χ3n) is 5.51. The molecule has 0 aromatic heterocycles. The fraction of sp³-hybridized carbons (Fsp3) is 0.933. The standard InChI is InChI=1S/C15H26N2O/c1-10(11-5-2-3-6-11)17-15(18)14-13-8-4-7-12(13)9-16-14/h10-14,16H,2-9H2,1H3,(H,17,18)/t10-,12?,13?,14?/m0/s1. The van der Waals surface area contributed by atoms with E-state index in [1.165, 1.54) is 44.9 Å². The summed E-state index contributed by atoms with van der Waals surface area (Å²) in [6.45, 7) is 3.25. The summed E-state index contributed by atoms with van der Waals surface area (Å²) in [5, 5.41) is 6.72. The summed E-state index contributed by atoms with van der Waals surface area (Å²) in [7, 11) is 0. The molecule has 3 fully saturated rings. The molecule has 4 atom stereocenters. The van der Waals surface area contributed by atoms with Crippen LogP contribution in [0.2, 0.25) is 0 Å². The molecule has 0 aromatic carbocycles. The summed E-state index contributed by atoms with van der Waals surface area (Å²) in [5.74, 6) is 2.36. The Morgan fingerprint density at radius 2 is 1.94 bits per heavy atom. The average Bonchev–Trinajstić information content (AvgIpc) is 3.06. The van der Waals surface area contributed by atoms with Gasteiger partial charge < -0.3 is 10.6 Å². The zero-order chi connectivity index (χ0) is 12.5. The third kappa shape index (κ3) is 2.29. The molecule has 2 saturated carbocycles. The first-order valence-electron chi connectivity index (χ1n) is 7.79. The third-order valence-corrected chi connectivity index (χ3v) is 5.51. The summed E-state index contributed by atoms with van der Waals surface area (Å²) < 4.78 is 0. The van der Waals surface area contributed by atoms with Crippen molar-refractivity contribution in [2.24, 2.45) is 17.8 Å². The van der Waals surface area contributed by atoms with Gasteiger partial charge in [-0.2, -0.15) is 0 Å². The molecule has 0 radical (unpaired) electrons. The van der Waals surface area contributed by atoms with Crippen molar-refractivity contribution in [1.82, 2.24) is 10.6 Å². The van der Waals surface area contributed by atoms with E-state index in [9.17, 15) is 4.79 Å². The van der Waals surface area contributed by atoms with Gasteiger partial charge in [-0.15, -0.1) is 0 Å². The maximum Gasteiger partial charge on any atom is 0.237 e. The average molecular weight is 250 g/mol. The van der Waals surface area contributed by atoms with Gasteiger partial charge in [0.1, 0.15) is 0 Å². The molecule has 0 bridgehead atoms. The predicted octanol–water partition coefficient (Wildman–Crippen LogP) is 2.07. The highest BCUT2D eigenvalue weighted by atomic mass is 16.2. The van der Waals surface area contributed by atoms with E-state index in [-0.39, 0.29) is 11.9 Å². The van der Waals surface area contributed by atoms with Crippen molar-refractivity contribution in [3.05, 3.63) is 0 Å². The lowest BCUT2D eigenvalue weighted by Gasteiger charge is -2.24. The number of hydrogen-bond donors (Lipinski definition) is 2. The molecule has 18 heavy (non-hydrogen) atoms. The van der Waals surface area contributed by atoms with Crippen molar-refractivity contribution in [1.29, 1.82) is 0 Å². The number of amides is 1. The predicted molar refractivity (Wildman–Crippen MR) is 72.2 cm³/mol. The Kier molecular flexibility index (Phi) is 3.60. The van der Waals surface area contributed by atoms with Crippen LogP contribution in [-0.2, 0) is 4.79 Å². The van der Waals surface area contributed by atoms with Crippen LogP contribution in [0.5, 0.6) is 0 Å². The molecule has 2 N–H and O–H groups in total. The Bertz CT molecular complexity index is 312. The van der Waals surface area contributed by atoms with Gasteiger partial charge in [-0.1, -0.05) is 19.3 Å². The van der Waals surface area contributed by atoms with Gasteiger partial charge >= 0.3 is 0 Å². The molecule has 0 spiro atoms. The van der Waals surface area contributed by atoms with E-state index in [1.807, 2.05) is 0 Å². The molecular weight excluding hydrogens is 224 g/mol. The van der Waals surface area contributed by atoms with Crippen LogP contribution in [0.15, 0.2) is 0 Å². The van der Waals surface area contributed by atoms with Crippen LogP contribution in [-0.4, -0.2) is 24.5 Å². The molecule has 2 aliphatic carbocycles. The number of carbonyl (C=O) groups excluding carboxylic acids is 1. The summed E-state index contributed by atoms with van der Waals surface area (Å²) in [6, 6.07) is 0.462. The molecule has 102 valence electrons. The molecular formula is C15H26N2O. The van der Waals surface area contributed by atoms with Gasteiger partial charge in [-0.05, 0) is 56.9 Å². The molecule has 1 amide bonds. The first kappa shape index (κ1) is 12.5. The first-order valence-corrected chi connectivity index (χ1v) is 7.79. The maximum atomic E-state index is 12.4. The molecule has 3 rings (SSSR count). The lowest BCUT2D eigenvalue weighted by Crippen LogP contribution is -2.48. The molecule has 3 aliphatic rings. The van der Waals surface area contributed by atoms with Crippen LogP contribution in [0, 0.1) is 17.8 Å². The molecule has 1 aliphatic heterocycles. The van der Waals surface area contributed by atoms with Crippen LogP contribution < -0.4 is 10.6 Å². The lowest BCUT2D eigenvalue weighted by molar-refractivity contribution is -0.124. The Morgan fingerprint density at radius 1 is 1.17 bits per heavy atom. The van der Waals surface area contributed by atoms with E-state index in [4.69, 9.17) is 0 Å². The highest BCUT2D eigenvalue weighted by Crippen LogP contribution is 2.37. The zero-order valence-corrected chi connectivity index (χ0v) is 11.5. The second-order valence-electron chi connectivity index (χ2n) is 6.58. The minimum absolute atomic E-state index is 0.0985. The van der Waals surface area contributed by atoms with Crippen LogP contribution >= 0.6 is 0 Å². The number of hydrogen-bond acceptors (Lipinski definition) is 2. The van der Waals surface area contributed by atoms with Crippen molar-refractivity contribution in [3.8, 4) is 0 Å². The topological polar surface area (TPSA) is 41.1 Å². The number of carbonyl (C=O) groups is 1. The summed E-state index contributed by atoms with van der Waals surface area (Å²) >= 11 is 0. The highest BCUT2D eigenvalue weighted by Gasteiger charge is 2.42. The van der Waals surface area contributed by atoms with Crippen molar-refractivity contribution in [2.45, 2.75) is 64.0 Å². The minimum Gasteiger partial charge on any atom is -0.352 e. The van der Waals surface area contributed by atoms with E-state index in [2.05, 4.69) is 17.6 Å². The fourth-order valence-electron chi connectivity index (χ4n) is 4.36. The Balaban J connectivity index is 1.54. The fourth-order valence-corrected chi connectivity index (χ4v) is 4.36. The van der Waals surface area contributed by atoms with Crippen molar-refractivity contribution in [3.63, 3.8) is 0 Å². The molecule has 3 heteroatoms. The maximum absolute atomic E-state index is 12.4. The number of fused-ring (bicyclic) bond motifs is 1. The van der Waals surface area contributed by atoms with Gasteiger partial charge in [0.05, 0.1) is 6.04 Å². The first-order chi connectivity index (χ1) is 8.75. The summed E-state index contributed by atoms with van der Waals surface area (Å²) in [5.41, 5.74) is 0. The van der Waals surface area contributed by atoms with Crippen molar-refractivity contribution in [2.75, 3.05) is 6.54 Å². The summed E-state index contributed by atoms with van der Waals surface area (Å²) in [6.07, 6.45) is 9.16. The van der Waals surface area contributed by atoms with Gasteiger partial charge in [-0.25, -0.2) is 0 Å². The largest absolute Gasteiger partial charge is 0.352 e. The van der Waals surface area contributed by atoms with Crippen LogP contribution in [0.1, 0.15) is 51.9 Å². The van der Waals surface area contributed by atoms with Crippen LogP contribution in [0.25, 0.3) is 0 Å². The van der Waals surface area contributed by atoms with Gasteiger partial charge in [0.2, 0.25) is 5.91 Å². The summed E-state index contributed by atoms with van der Waals surface area (Å²) in [4.78, 5) is 12.4. The van der Waals surface area contributed by atoms with Crippen molar-refractivity contribution < 1.29 is 4.79 Å². The Labute approximate surface area is 110 Å². The highest BCUT2D eigenvalue weighted by molar-refractivity contribution is 5.82. The van der Waals surface area contributed by atoms with Gasteiger partial charge in [0.15, 0.2) is 0 Å². The van der Waals surface area contributed by atoms with E-state index < -0.39 is 0 Å². The van der Waals surface area contributed by atoms with Gasteiger partial charge in [-0.3, -0.25) is 4.79 Å². The Morgan fingerprint density at radius 3 is 2.72 bits per heavy atom. The molecule has 3 nitrogen and oxygen atoms in total. The zero-order valence-electron chi connectivity index (χ0n) is 11.5. The molecule has 1 heterocycles. The second kappa shape index (κ2) is 5.20. The minimum atomic E-state index is 0.0985. The molecule has 1 saturated heterocycles. The normalized spacial score (nSPS) is 37.7. The molecule has 0 aromatic rings. The van der Waals surface area contributed by atoms with Crippen LogP contribution in [0.3, 0.4) is 0 Å².